The van der Waals surface area contributed by atoms with E-state index in [-0.39, 0.29) is 76.6 Å². The quantitative estimate of drug-likeness (QED) is 0.0354. The Morgan fingerprint density at radius 2 is 0.824 bits per heavy atom. The second-order valence-corrected chi connectivity index (χ2v) is 25.5. The van der Waals surface area contributed by atoms with Gasteiger partial charge in [0.15, 0.2) is 0 Å². The Kier molecular flexibility index (Phi) is 23.2. The summed E-state index contributed by atoms with van der Waals surface area (Å²) in [7, 11) is 0. The van der Waals surface area contributed by atoms with Crippen LogP contribution in [0.3, 0.4) is 0 Å². The summed E-state index contributed by atoms with van der Waals surface area (Å²) >= 11 is 0. The van der Waals surface area contributed by atoms with E-state index in [2.05, 4.69) is 76.0 Å². The molecule has 0 unspecified atom stereocenters. The summed E-state index contributed by atoms with van der Waals surface area (Å²) in [5.41, 5.74) is 10.3. The Morgan fingerprint density at radius 3 is 1.20 bits per heavy atom. The third-order valence-electron chi connectivity index (χ3n) is 18.8. The summed E-state index contributed by atoms with van der Waals surface area (Å²) < 4.78 is 38.8. The largest absolute Gasteiger partial charge is 0.458 e. The number of carbonyl (C=O) groups excluding carboxylic acids is 6. The zero-order chi connectivity index (χ0) is 70.9. The second-order valence-electron chi connectivity index (χ2n) is 25.5. The molecule has 2 aliphatic carbocycles. The van der Waals surface area contributed by atoms with E-state index in [0.29, 0.717) is 38.8 Å². The molecule has 2 saturated heterocycles. The Labute approximate surface area is 590 Å². The van der Waals surface area contributed by atoms with Gasteiger partial charge in [-0.15, -0.1) is 0 Å². The number of tetrazole rings is 2. The summed E-state index contributed by atoms with van der Waals surface area (Å²) in [4.78, 5) is 88.2. The Hall–Kier alpha value is -11.5. The van der Waals surface area contributed by atoms with Gasteiger partial charge in [0, 0.05) is 24.9 Å². The molecule has 8 atom stereocenters. The molecule has 102 heavy (non-hydrogen) atoms. The van der Waals surface area contributed by atoms with Crippen LogP contribution in [-0.4, -0.2) is 174 Å². The van der Waals surface area contributed by atoms with Gasteiger partial charge in [0.05, 0.1) is 37.4 Å². The fourth-order valence-electron chi connectivity index (χ4n) is 13.4. The molecule has 526 valence electrons. The van der Waals surface area contributed by atoms with Crippen molar-refractivity contribution >= 4 is 35.8 Å². The van der Waals surface area contributed by atoms with Gasteiger partial charge in [0.2, 0.25) is 23.6 Å². The van der Waals surface area contributed by atoms with E-state index >= 15 is 0 Å². The molecule has 0 radical (unpaired) electrons. The number of hydrogen-bond acceptors (Lipinski definition) is 18. The average Bonchev–Trinajstić information content (AvgIpc) is 1.62. The number of hydrogen-bond donors (Lipinski definition) is 4. The number of carbonyl (C=O) groups is 6. The number of rotatable bonds is 28. The van der Waals surface area contributed by atoms with E-state index in [1.165, 1.54) is 23.2 Å². The van der Waals surface area contributed by atoms with Gasteiger partial charge in [-0.1, -0.05) is 180 Å². The first-order valence-electron chi connectivity index (χ1n) is 34.3. The Bertz CT molecular complexity index is 4030. The van der Waals surface area contributed by atoms with Gasteiger partial charge >= 0.3 is 24.2 Å². The highest BCUT2D eigenvalue weighted by atomic mass is 16.6. The number of amides is 6. The third kappa shape index (κ3) is 17.0. The fourth-order valence-corrected chi connectivity index (χ4v) is 13.4. The standard InChI is InChI=1S/C76H80N14O12/c1-49(77-75(95)101-47-65-61-35-17-13-31-57(61)58-32-14-18-36-62(58)65)69(91)79-67(71(93)87-39-23-29-55(87)43-89-73(81-83-85-89)99-45-53-25-9-7-10-26-53)51(3)97-41-21-5-6-22-42-98-52(4)68(72(94)88-40-24-30-56(88)44-90-74(82-84-86-90)100-46-54-27-11-8-12-28-54)80-70(92)50(2)78-76(96)102-48-66-63-37-19-15-33-59(63)60-34-16-20-38-64(60)66/h7-20,25-28,31-38,49-52,55-56,65-68H,23-24,29-30,39-48H2,1-4H3,(H,77,95)(H,78,96)(H,79,91)(H,80,92)/t49-,50-,51+,52+,55-,56-,67-,68-/m0/s1. The molecule has 4 aliphatic rings. The van der Waals surface area contributed by atoms with Gasteiger partial charge in [-0.3, -0.25) is 19.2 Å². The van der Waals surface area contributed by atoms with Gasteiger partial charge in [0.1, 0.15) is 63.8 Å². The lowest BCUT2D eigenvalue weighted by molar-refractivity contribution is -0.141. The van der Waals surface area contributed by atoms with Crippen LogP contribution in [0, 0.1) is 23.7 Å². The van der Waals surface area contributed by atoms with Crippen molar-refractivity contribution in [2.75, 3.05) is 39.5 Å². The maximum absolute atomic E-state index is 14.9. The summed E-state index contributed by atoms with van der Waals surface area (Å²) in [6.07, 6.45) is -1.02. The lowest BCUT2D eigenvalue weighted by atomic mass is 9.98. The van der Waals surface area contributed by atoms with Gasteiger partial charge in [-0.2, -0.15) is 9.36 Å². The molecular weight excluding hydrogens is 1300 g/mol. The van der Waals surface area contributed by atoms with Crippen LogP contribution in [0.4, 0.5) is 9.59 Å². The maximum atomic E-state index is 14.9. The minimum absolute atomic E-state index is 0.0304. The normalized spacial score (nSPS) is 16.7. The summed E-state index contributed by atoms with van der Waals surface area (Å²) in [6.45, 7) is 7.48. The first kappa shape index (κ1) is 70.4. The van der Waals surface area contributed by atoms with Crippen LogP contribution in [0.5, 0.6) is 12.0 Å². The molecule has 4 heterocycles. The van der Waals surface area contributed by atoms with Gasteiger partial charge in [-0.05, 0) is 142 Å². The van der Waals surface area contributed by atoms with E-state index in [0.717, 1.165) is 55.6 Å². The molecule has 6 aromatic carbocycles. The van der Waals surface area contributed by atoms with Crippen LogP contribution in [-0.2, 0) is 64.4 Å². The molecule has 12 rings (SSSR count). The van der Waals surface area contributed by atoms with E-state index < -0.39 is 84.3 Å². The highest BCUT2D eigenvalue weighted by Gasteiger charge is 2.41. The lowest BCUT2D eigenvalue weighted by Crippen LogP contribution is -2.58. The fraction of sp³-hybridized carbons (Fsp3) is 0.368. The van der Waals surface area contributed by atoms with Crippen molar-refractivity contribution in [3.63, 3.8) is 0 Å². The van der Waals surface area contributed by atoms with Crippen molar-refractivity contribution < 1.29 is 57.2 Å². The molecule has 2 aromatic heterocycles. The number of ether oxygens (including phenoxy) is 6. The van der Waals surface area contributed by atoms with Crippen LogP contribution < -0.4 is 30.7 Å². The summed E-state index contributed by atoms with van der Waals surface area (Å²) in [5, 5.41) is 35.2. The Morgan fingerprint density at radius 1 is 0.471 bits per heavy atom. The highest BCUT2D eigenvalue weighted by Crippen LogP contribution is 2.46. The van der Waals surface area contributed by atoms with Crippen molar-refractivity contribution in [2.24, 2.45) is 0 Å². The molecular formula is C76H80N14O12. The van der Waals surface area contributed by atoms with Crippen molar-refractivity contribution in [3.8, 4) is 58.0 Å². The smallest absolute Gasteiger partial charge is 0.407 e. The number of nitrogens with zero attached hydrogens (tertiary/aromatic N) is 10. The molecule has 26 nitrogen and oxygen atoms in total. The molecule has 6 amide bonds. The number of likely N-dealkylation sites (tertiary alicyclic amines) is 2. The molecule has 4 N–H and O–H groups in total. The zero-order valence-electron chi connectivity index (χ0n) is 57.1. The minimum Gasteiger partial charge on any atom is -0.458 e. The van der Waals surface area contributed by atoms with E-state index in [1.54, 1.807) is 23.6 Å². The highest BCUT2D eigenvalue weighted by molar-refractivity contribution is 5.93. The van der Waals surface area contributed by atoms with Crippen molar-refractivity contribution in [2.45, 2.75) is 140 Å². The zero-order valence-corrected chi connectivity index (χ0v) is 57.1. The molecule has 0 saturated carbocycles. The van der Waals surface area contributed by atoms with Crippen LogP contribution in [0.2, 0.25) is 0 Å². The molecule has 8 aromatic rings. The predicted octanol–water partition coefficient (Wildman–Crippen LogP) is 7.14. The number of fused-ring (bicyclic) bond motifs is 6. The van der Waals surface area contributed by atoms with Crippen LogP contribution >= 0.6 is 0 Å². The molecule has 2 aliphatic heterocycles. The first-order valence-corrected chi connectivity index (χ1v) is 34.3. The van der Waals surface area contributed by atoms with Gasteiger partial charge in [-0.25, -0.2) is 9.59 Å². The molecule has 2 fully saturated rings. The maximum Gasteiger partial charge on any atom is 0.407 e. The first-order chi connectivity index (χ1) is 49.8. The number of benzene rings is 6. The number of aromatic nitrogens is 8. The van der Waals surface area contributed by atoms with E-state index in [1.807, 2.05) is 158 Å². The predicted molar refractivity (Wildman–Crippen MR) is 372 cm³/mol. The summed E-state index contributed by atoms with van der Waals surface area (Å²) in [5.74, 6) is 8.60. The van der Waals surface area contributed by atoms with Gasteiger partial charge < -0.3 is 59.5 Å². The second kappa shape index (κ2) is 33.6. The monoisotopic (exact) mass is 1380 g/mol. The summed E-state index contributed by atoms with van der Waals surface area (Å²) in [6, 6.07) is 45.8. The number of nitrogens with one attached hydrogen (secondary N) is 4. The Balaban J connectivity index is 0.685. The van der Waals surface area contributed by atoms with E-state index in [9.17, 15) is 28.8 Å². The van der Waals surface area contributed by atoms with Crippen LogP contribution in [0.25, 0.3) is 22.3 Å². The third-order valence-corrected chi connectivity index (χ3v) is 18.8. The SMILES string of the molecule is C[C@H](NC(=O)OCC1c2ccccc2-c2ccccc21)C(=O)N[C@H](C(=O)N1CCC[C@H]1Cn1nnnc1OCc1ccccc1)[C@@H](C)OCC#CC#CCO[C@H](C)[C@H](NC(=O)[C@H](C)NC(=O)OCC1c2ccccc2-c2ccccc21)C(=O)N1CCC[C@H]1Cn1nnnc1OCc1ccccc1. The topological polar surface area (TPSA) is 300 Å². The molecule has 26 heteroatoms. The number of alkyl carbamates (subject to hydrolysis) is 2. The van der Waals surface area contributed by atoms with Crippen LogP contribution in [0.15, 0.2) is 158 Å². The van der Waals surface area contributed by atoms with Crippen molar-refractivity contribution in [3.05, 3.63) is 191 Å². The molecule has 0 spiro atoms. The van der Waals surface area contributed by atoms with Gasteiger partial charge in [0.25, 0.3) is 0 Å². The van der Waals surface area contributed by atoms with Crippen molar-refractivity contribution in [1.29, 1.82) is 0 Å². The molecule has 0 bridgehead atoms. The van der Waals surface area contributed by atoms with Crippen LogP contribution in [0.1, 0.15) is 98.6 Å². The lowest BCUT2D eigenvalue weighted by Gasteiger charge is -2.32. The average molecular weight is 1380 g/mol. The minimum atomic E-state index is -1.26. The van der Waals surface area contributed by atoms with Crippen molar-refractivity contribution in [1.82, 2.24) is 71.5 Å². The van der Waals surface area contributed by atoms with E-state index in [4.69, 9.17) is 28.4 Å².